The van der Waals surface area contributed by atoms with Gasteiger partial charge in [0.25, 0.3) is 0 Å². The number of halogens is 3. The van der Waals surface area contributed by atoms with E-state index in [1.54, 1.807) is 35.5 Å². The van der Waals surface area contributed by atoms with E-state index < -0.39 is 41.9 Å². The van der Waals surface area contributed by atoms with Crippen LogP contribution < -0.4 is 9.64 Å². The van der Waals surface area contributed by atoms with Crippen molar-refractivity contribution in [2.24, 2.45) is 0 Å². The number of amides is 3. The molecule has 3 heterocycles. The summed E-state index contributed by atoms with van der Waals surface area (Å²) in [5, 5.41) is 0. The van der Waals surface area contributed by atoms with Gasteiger partial charge in [0.05, 0.1) is 17.7 Å². The number of likely N-dealkylation sites (tertiary alicyclic amines) is 2. The number of rotatable bonds is 5. The monoisotopic (exact) mass is 617 g/mol. The first-order chi connectivity index (χ1) is 20.8. The molecule has 9 nitrogen and oxygen atoms in total. The molecule has 5 rings (SSSR count). The molecule has 0 N–H and O–H groups in total. The largest absolute Gasteiger partial charge is 0.490 e. The Bertz CT molecular complexity index is 1380. The van der Waals surface area contributed by atoms with Crippen molar-refractivity contribution in [3.8, 4) is 5.75 Å². The number of alkyl halides is 3. The number of carbonyl (C=O) groups excluding carboxylic acids is 3. The van der Waals surface area contributed by atoms with E-state index in [0.717, 1.165) is 17.3 Å². The molecule has 0 spiro atoms. The lowest BCUT2D eigenvalue weighted by Gasteiger charge is -2.40. The number of nitrogens with zero attached hydrogens (tertiary/aromatic N) is 3. The molecule has 0 aliphatic carbocycles. The standard InChI is InChI=1S/C32H38F3N3O6/c1-31(2,3)44-29(40)37-16-12-24(13-17-37)43-25-9-8-21(26(19-25)32(33,34)35)18-28(39)36-14-10-23(11-15-36)38-27-7-5-4-6-22(27)20-42-30(38)41/h4-9,19,23-24H,10-18,20H2,1-3H3. The Labute approximate surface area is 254 Å². The molecule has 3 aliphatic rings. The van der Waals surface area contributed by atoms with Crippen molar-refractivity contribution in [1.29, 1.82) is 0 Å². The lowest BCUT2D eigenvalue weighted by atomic mass is 9.99. The third-order valence-electron chi connectivity index (χ3n) is 8.11. The molecule has 2 fully saturated rings. The number of benzene rings is 2. The maximum atomic E-state index is 14.1. The summed E-state index contributed by atoms with van der Waals surface area (Å²) in [6, 6.07) is 11.0. The van der Waals surface area contributed by atoms with Crippen molar-refractivity contribution in [2.75, 3.05) is 31.1 Å². The molecular formula is C32H38F3N3O6. The van der Waals surface area contributed by atoms with Crippen LogP contribution in [0.5, 0.6) is 5.75 Å². The second kappa shape index (κ2) is 12.6. The van der Waals surface area contributed by atoms with Crippen molar-refractivity contribution >= 4 is 23.8 Å². The van der Waals surface area contributed by atoms with Crippen molar-refractivity contribution < 1.29 is 41.8 Å². The fourth-order valence-corrected chi connectivity index (χ4v) is 5.89. The van der Waals surface area contributed by atoms with Crippen LogP contribution in [0.1, 0.15) is 63.1 Å². The van der Waals surface area contributed by atoms with Crippen LogP contribution in [0.4, 0.5) is 28.4 Å². The summed E-state index contributed by atoms with van der Waals surface area (Å²) < 4.78 is 58.9. The molecule has 44 heavy (non-hydrogen) atoms. The van der Waals surface area contributed by atoms with E-state index in [-0.39, 0.29) is 30.1 Å². The Morgan fingerprint density at radius 1 is 0.932 bits per heavy atom. The van der Waals surface area contributed by atoms with Crippen LogP contribution in [0.25, 0.3) is 0 Å². The van der Waals surface area contributed by atoms with Crippen LogP contribution in [-0.4, -0.2) is 71.8 Å². The topological polar surface area (TPSA) is 88.6 Å². The quantitative estimate of drug-likeness (QED) is 0.399. The van der Waals surface area contributed by atoms with Gasteiger partial charge < -0.3 is 24.0 Å². The Morgan fingerprint density at radius 3 is 2.25 bits per heavy atom. The Hall–Kier alpha value is -3.96. The fourth-order valence-electron chi connectivity index (χ4n) is 5.89. The number of fused-ring (bicyclic) bond motifs is 1. The SMILES string of the molecule is CC(C)(C)OC(=O)N1CCC(Oc2ccc(CC(=O)N3CCC(N4C(=O)OCc5ccccc54)CC3)c(C(F)(F)F)c2)CC1. The van der Waals surface area contributed by atoms with Crippen LogP contribution >= 0.6 is 0 Å². The Balaban J connectivity index is 1.18. The van der Waals surface area contributed by atoms with Crippen LogP contribution in [0.2, 0.25) is 0 Å². The van der Waals surface area contributed by atoms with Crippen molar-refractivity contribution in [2.45, 2.75) is 83.4 Å². The highest BCUT2D eigenvalue weighted by atomic mass is 19.4. The second-order valence-electron chi connectivity index (χ2n) is 12.4. The van der Waals surface area contributed by atoms with E-state index in [1.165, 1.54) is 12.1 Å². The Morgan fingerprint density at radius 2 is 1.59 bits per heavy atom. The highest BCUT2D eigenvalue weighted by Crippen LogP contribution is 2.36. The first-order valence-electron chi connectivity index (χ1n) is 14.9. The summed E-state index contributed by atoms with van der Waals surface area (Å²) in [7, 11) is 0. The minimum atomic E-state index is -4.68. The van der Waals surface area contributed by atoms with Gasteiger partial charge in [0.1, 0.15) is 24.1 Å². The summed E-state index contributed by atoms with van der Waals surface area (Å²) in [6.45, 7) is 6.95. The lowest BCUT2D eigenvalue weighted by molar-refractivity contribution is -0.139. The summed E-state index contributed by atoms with van der Waals surface area (Å²) in [5.74, 6) is -0.336. The van der Waals surface area contributed by atoms with Gasteiger partial charge in [-0.1, -0.05) is 24.3 Å². The molecule has 2 aromatic carbocycles. The van der Waals surface area contributed by atoms with E-state index in [9.17, 15) is 27.6 Å². The van der Waals surface area contributed by atoms with Crippen molar-refractivity contribution in [3.63, 3.8) is 0 Å². The predicted octanol–water partition coefficient (Wildman–Crippen LogP) is 6.17. The molecular weight excluding hydrogens is 579 g/mol. The highest BCUT2D eigenvalue weighted by molar-refractivity contribution is 5.91. The summed E-state index contributed by atoms with van der Waals surface area (Å²) in [6.07, 6.45) is -4.40. The number of hydrogen-bond donors (Lipinski definition) is 0. The average Bonchev–Trinajstić information content (AvgIpc) is 2.97. The van der Waals surface area contributed by atoms with Gasteiger partial charge in [-0.05, 0) is 57.4 Å². The van der Waals surface area contributed by atoms with Gasteiger partial charge >= 0.3 is 18.4 Å². The molecule has 0 radical (unpaired) electrons. The van der Waals surface area contributed by atoms with Gasteiger partial charge in [-0.25, -0.2) is 9.59 Å². The lowest BCUT2D eigenvalue weighted by Crippen LogP contribution is -2.50. The van der Waals surface area contributed by atoms with E-state index in [4.69, 9.17) is 14.2 Å². The second-order valence-corrected chi connectivity index (χ2v) is 12.4. The number of carbonyl (C=O) groups is 3. The number of hydrogen-bond acceptors (Lipinski definition) is 6. The normalized spacial score (nSPS) is 18.5. The van der Waals surface area contributed by atoms with E-state index in [2.05, 4.69) is 0 Å². The summed E-state index contributed by atoms with van der Waals surface area (Å²) in [5.41, 5.74) is 0.0546. The maximum Gasteiger partial charge on any atom is 0.416 e. The summed E-state index contributed by atoms with van der Waals surface area (Å²) in [4.78, 5) is 42.8. The van der Waals surface area contributed by atoms with Crippen molar-refractivity contribution in [1.82, 2.24) is 9.80 Å². The molecule has 0 unspecified atom stereocenters. The Kier molecular flexibility index (Phi) is 8.99. The molecule has 238 valence electrons. The predicted molar refractivity (Wildman–Crippen MR) is 155 cm³/mol. The van der Waals surface area contributed by atoms with E-state index in [0.29, 0.717) is 51.9 Å². The van der Waals surface area contributed by atoms with Crippen LogP contribution in [0.15, 0.2) is 42.5 Å². The third kappa shape index (κ3) is 7.39. The smallest absolute Gasteiger partial charge is 0.416 e. The molecule has 0 saturated carbocycles. The van der Waals surface area contributed by atoms with Crippen molar-refractivity contribution in [3.05, 3.63) is 59.2 Å². The number of ether oxygens (including phenoxy) is 3. The van der Waals surface area contributed by atoms with Crippen LogP contribution in [-0.2, 0) is 33.5 Å². The van der Waals surface area contributed by atoms with E-state index in [1.807, 2.05) is 24.3 Å². The molecule has 0 bridgehead atoms. The fraction of sp³-hybridized carbons (Fsp3) is 0.531. The highest BCUT2D eigenvalue weighted by Gasteiger charge is 2.37. The first kappa shape index (κ1) is 31.5. The van der Waals surface area contributed by atoms with Gasteiger partial charge in [0.2, 0.25) is 5.91 Å². The molecule has 2 saturated heterocycles. The molecule has 3 aliphatic heterocycles. The third-order valence-corrected chi connectivity index (χ3v) is 8.11. The van der Waals surface area contributed by atoms with Gasteiger partial charge in [0.15, 0.2) is 0 Å². The van der Waals surface area contributed by atoms with Gasteiger partial charge in [-0.2, -0.15) is 13.2 Å². The number of cyclic esters (lactones) is 1. The van der Waals surface area contributed by atoms with Gasteiger partial charge in [-0.15, -0.1) is 0 Å². The van der Waals surface area contributed by atoms with Crippen LogP contribution in [0, 0.1) is 0 Å². The molecule has 0 aromatic heterocycles. The number of piperidine rings is 2. The van der Waals surface area contributed by atoms with Gasteiger partial charge in [-0.3, -0.25) is 9.69 Å². The zero-order valence-corrected chi connectivity index (χ0v) is 25.2. The molecule has 2 aromatic rings. The minimum absolute atomic E-state index is 0.0683. The zero-order chi connectivity index (χ0) is 31.6. The number of anilines is 1. The minimum Gasteiger partial charge on any atom is -0.490 e. The zero-order valence-electron chi connectivity index (χ0n) is 25.2. The molecule has 3 amide bonds. The first-order valence-corrected chi connectivity index (χ1v) is 14.9. The number of para-hydroxylation sites is 1. The average molecular weight is 618 g/mol. The van der Waals surface area contributed by atoms with E-state index >= 15 is 0 Å². The molecule has 0 atom stereocenters. The van der Waals surface area contributed by atoms with Crippen LogP contribution in [0.3, 0.4) is 0 Å². The maximum absolute atomic E-state index is 14.1. The summed E-state index contributed by atoms with van der Waals surface area (Å²) >= 11 is 0. The van der Waals surface area contributed by atoms with Gasteiger partial charge in [0, 0.05) is 50.6 Å². The molecule has 12 heteroatoms.